The fourth-order valence-electron chi connectivity index (χ4n) is 2.51. The highest BCUT2D eigenvalue weighted by Crippen LogP contribution is 2.13. The van der Waals surface area contributed by atoms with Crippen LogP contribution in [0.15, 0.2) is 54.6 Å². The van der Waals surface area contributed by atoms with Crippen molar-refractivity contribution in [2.45, 2.75) is 39.8 Å². The van der Waals surface area contributed by atoms with Crippen molar-refractivity contribution in [1.29, 1.82) is 0 Å². The lowest BCUT2D eigenvalue weighted by Gasteiger charge is -2.18. The van der Waals surface area contributed by atoms with Crippen molar-refractivity contribution in [2.75, 3.05) is 0 Å². The van der Waals surface area contributed by atoms with Crippen LogP contribution in [-0.4, -0.2) is 28.9 Å². The van der Waals surface area contributed by atoms with Crippen molar-refractivity contribution in [3.63, 3.8) is 0 Å². The van der Waals surface area contributed by atoms with Gasteiger partial charge in [0.15, 0.2) is 0 Å². The monoisotopic (exact) mass is 382 g/mol. The molecule has 0 saturated carbocycles. The molecular weight excluding hydrogens is 356 g/mol. The van der Waals surface area contributed by atoms with Gasteiger partial charge in [-0.1, -0.05) is 63.2 Å². The number of amides is 2. The topological polar surface area (TPSA) is 95.5 Å². The molecule has 0 aromatic heterocycles. The molecule has 2 amide bonds. The van der Waals surface area contributed by atoms with Crippen molar-refractivity contribution in [3.05, 3.63) is 71.3 Å². The van der Waals surface area contributed by atoms with Gasteiger partial charge in [-0.2, -0.15) is 0 Å². The normalized spacial score (nSPS) is 12.1. The highest BCUT2D eigenvalue weighted by molar-refractivity contribution is 5.96. The molecule has 0 spiro atoms. The minimum absolute atomic E-state index is 0.0560. The molecule has 28 heavy (non-hydrogen) atoms. The summed E-state index contributed by atoms with van der Waals surface area (Å²) in [5, 5.41) is 14.8. The SMILES string of the molecule is CC(C)(C)C(=O)NCc1ccc(C(=O)NC(Cc2ccccc2)C(=O)O)cc1. The Kier molecular flexibility index (Phi) is 6.93. The van der Waals surface area contributed by atoms with Gasteiger partial charge in [-0.25, -0.2) is 4.79 Å². The van der Waals surface area contributed by atoms with E-state index in [-0.39, 0.29) is 12.3 Å². The molecule has 0 saturated heterocycles. The Bertz CT molecular complexity index is 824. The molecule has 1 atom stereocenters. The quantitative estimate of drug-likeness (QED) is 0.686. The number of rotatable bonds is 7. The second kappa shape index (κ2) is 9.17. The molecule has 2 aromatic rings. The van der Waals surface area contributed by atoms with Crippen LogP contribution in [0, 0.1) is 5.41 Å². The van der Waals surface area contributed by atoms with E-state index in [0.29, 0.717) is 12.1 Å². The Morgan fingerprint density at radius 3 is 2.07 bits per heavy atom. The van der Waals surface area contributed by atoms with E-state index in [4.69, 9.17) is 0 Å². The number of hydrogen-bond acceptors (Lipinski definition) is 3. The van der Waals surface area contributed by atoms with Crippen LogP contribution in [-0.2, 0) is 22.6 Å². The molecule has 6 nitrogen and oxygen atoms in total. The Labute approximate surface area is 165 Å². The summed E-state index contributed by atoms with van der Waals surface area (Å²) in [5.41, 5.74) is 1.59. The summed E-state index contributed by atoms with van der Waals surface area (Å²) in [6.07, 6.45) is 0.207. The van der Waals surface area contributed by atoms with Crippen molar-refractivity contribution in [1.82, 2.24) is 10.6 Å². The Balaban J connectivity index is 1.97. The van der Waals surface area contributed by atoms with Crippen molar-refractivity contribution in [2.24, 2.45) is 5.41 Å². The van der Waals surface area contributed by atoms with E-state index in [1.807, 2.05) is 51.1 Å². The molecule has 0 fully saturated rings. The van der Waals surface area contributed by atoms with Gasteiger partial charge in [0.25, 0.3) is 5.91 Å². The smallest absolute Gasteiger partial charge is 0.326 e. The van der Waals surface area contributed by atoms with Gasteiger partial charge in [0.2, 0.25) is 5.91 Å². The number of nitrogens with one attached hydrogen (secondary N) is 2. The van der Waals surface area contributed by atoms with Crippen molar-refractivity contribution in [3.8, 4) is 0 Å². The van der Waals surface area contributed by atoms with Gasteiger partial charge in [0, 0.05) is 23.9 Å². The number of benzene rings is 2. The number of aliphatic carboxylic acids is 1. The first-order valence-electron chi connectivity index (χ1n) is 9.11. The van der Waals surface area contributed by atoms with Crippen LogP contribution in [0.1, 0.15) is 42.3 Å². The zero-order valence-corrected chi connectivity index (χ0v) is 16.4. The molecule has 0 radical (unpaired) electrons. The Morgan fingerprint density at radius 1 is 0.929 bits per heavy atom. The molecule has 2 aromatic carbocycles. The first kappa shape index (κ1) is 21.2. The lowest BCUT2D eigenvalue weighted by molar-refractivity contribution is -0.139. The summed E-state index contributed by atoms with van der Waals surface area (Å²) in [5.74, 6) is -1.59. The Morgan fingerprint density at radius 2 is 1.54 bits per heavy atom. The zero-order valence-electron chi connectivity index (χ0n) is 16.4. The third-order valence-corrected chi connectivity index (χ3v) is 4.24. The first-order chi connectivity index (χ1) is 13.2. The largest absolute Gasteiger partial charge is 0.480 e. The molecule has 6 heteroatoms. The van der Waals surface area contributed by atoms with Crippen LogP contribution < -0.4 is 10.6 Å². The Hall–Kier alpha value is -3.15. The van der Waals surface area contributed by atoms with E-state index in [9.17, 15) is 19.5 Å². The fraction of sp³-hybridized carbons (Fsp3) is 0.318. The predicted octanol–water partition coefficient (Wildman–Crippen LogP) is 2.77. The van der Waals surface area contributed by atoms with E-state index in [1.54, 1.807) is 24.3 Å². The fourth-order valence-corrected chi connectivity index (χ4v) is 2.51. The minimum atomic E-state index is -1.08. The summed E-state index contributed by atoms with van der Waals surface area (Å²) in [4.78, 5) is 35.8. The lowest BCUT2D eigenvalue weighted by Crippen LogP contribution is -2.42. The summed E-state index contributed by atoms with van der Waals surface area (Å²) in [7, 11) is 0. The molecule has 3 N–H and O–H groups in total. The van der Waals surface area contributed by atoms with E-state index in [2.05, 4.69) is 10.6 Å². The van der Waals surface area contributed by atoms with Crippen LogP contribution in [0.3, 0.4) is 0 Å². The summed E-state index contributed by atoms with van der Waals surface area (Å²) >= 11 is 0. The van der Waals surface area contributed by atoms with Crippen molar-refractivity contribution >= 4 is 17.8 Å². The molecular formula is C22H26N2O4. The van der Waals surface area contributed by atoms with E-state index in [0.717, 1.165) is 11.1 Å². The highest BCUT2D eigenvalue weighted by Gasteiger charge is 2.22. The third-order valence-electron chi connectivity index (χ3n) is 4.24. The van der Waals surface area contributed by atoms with Crippen LogP contribution >= 0.6 is 0 Å². The number of carbonyl (C=O) groups excluding carboxylic acids is 2. The second-order valence-electron chi connectivity index (χ2n) is 7.68. The maximum atomic E-state index is 12.4. The average molecular weight is 382 g/mol. The summed E-state index contributed by atoms with van der Waals surface area (Å²) in [6.45, 7) is 5.88. The average Bonchev–Trinajstić information content (AvgIpc) is 2.65. The van der Waals surface area contributed by atoms with Gasteiger partial charge in [-0.3, -0.25) is 9.59 Å². The standard InChI is InChI=1S/C22H26N2O4/c1-22(2,3)21(28)23-14-16-9-11-17(12-10-16)19(25)24-18(20(26)27)13-15-7-5-4-6-8-15/h4-12,18H,13-14H2,1-3H3,(H,23,28)(H,24,25)(H,26,27). The second-order valence-corrected chi connectivity index (χ2v) is 7.68. The van der Waals surface area contributed by atoms with E-state index < -0.39 is 23.3 Å². The van der Waals surface area contributed by atoms with E-state index >= 15 is 0 Å². The summed E-state index contributed by atoms with van der Waals surface area (Å²) < 4.78 is 0. The van der Waals surface area contributed by atoms with E-state index in [1.165, 1.54) is 0 Å². The number of carboxylic acid groups (broad SMARTS) is 1. The molecule has 0 aliphatic carbocycles. The third kappa shape index (κ3) is 6.23. The maximum Gasteiger partial charge on any atom is 0.326 e. The highest BCUT2D eigenvalue weighted by atomic mass is 16.4. The van der Waals surface area contributed by atoms with Crippen LogP contribution in [0.5, 0.6) is 0 Å². The van der Waals surface area contributed by atoms with Gasteiger partial charge in [-0.05, 0) is 23.3 Å². The van der Waals surface area contributed by atoms with Crippen molar-refractivity contribution < 1.29 is 19.5 Å². The van der Waals surface area contributed by atoms with Crippen LogP contribution in [0.25, 0.3) is 0 Å². The molecule has 0 aliphatic rings. The maximum absolute atomic E-state index is 12.4. The van der Waals surface area contributed by atoms with Gasteiger partial charge < -0.3 is 15.7 Å². The molecule has 0 heterocycles. The van der Waals surface area contributed by atoms with Gasteiger partial charge in [-0.15, -0.1) is 0 Å². The number of hydrogen-bond donors (Lipinski definition) is 3. The number of carbonyl (C=O) groups is 3. The first-order valence-corrected chi connectivity index (χ1v) is 9.11. The zero-order chi connectivity index (χ0) is 20.7. The molecule has 0 bridgehead atoms. The van der Waals surface area contributed by atoms with Crippen LogP contribution in [0.2, 0.25) is 0 Å². The van der Waals surface area contributed by atoms with Gasteiger partial charge >= 0.3 is 5.97 Å². The summed E-state index contributed by atoms with van der Waals surface area (Å²) in [6, 6.07) is 14.9. The lowest BCUT2D eigenvalue weighted by atomic mass is 9.95. The van der Waals surface area contributed by atoms with Crippen LogP contribution in [0.4, 0.5) is 0 Å². The molecule has 0 aliphatic heterocycles. The number of carboxylic acids is 1. The molecule has 148 valence electrons. The predicted molar refractivity (Wildman–Crippen MR) is 107 cm³/mol. The minimum Gasteiger partial charge on any atom is -0.480 e. The van der Waals surface area contributed by atoms with Gasteiger partial charge in [0.05, 0.1) is 0 Å². The van der Waals surface area contributed by atoms with Gasteiger partial charge in [0.1, 0.15) is 6.04 Å². The molecule has 2 rings (SSSR count). The molecule has 1 unspecified atom stereocenters.